The van der Waals surface area contributed by atoms with Gasteiger partial charge in [-0.15, -0.1) is 0 Å². The maximum Gasteiger partial charge on any atom is 0.123 e. The highest BCUT2D eigenvalue weighted by molar-refractivity contribution is 5.43. The van der Waals surface area contributed by atoms with Gasteiger partial charge in [-0.1, -0.05) is 33.1 Å². The second-order valence-corrected chi connectivity index (χ2v) is 3.99. The summed E-state index contributed by atoms with van der Waals surface area (Å²) in [5, 5.41) is 3.44. The Labute approximate surface area is 98.1 Å². The first-order chi connectivity index (χ1) is 7.84. The Morgan fingerprint density at radius 3 is 2.12 bits per heavy atom. The third kappa shape index (κ3) is 4.21. The highest BCUT2D eigenvalue weighted by Crippen LogP contribution is 2.21. The van der Waals surface area contributed by atoms with Gasteiger partial charge in [0.2, 0.25) is 0 Å². The molecule has 0 aromatic heterocycles. The normalized spacial score (nSPS) is 16.2. The van der Waals surface area contributed by atoms with E-state index in [-0.39, 0.29) is 5.82 Å². The van der Waals surface area contributed by atoms with E-state index in [9.17, 15) is 4.39 Å². The van der Waals surface area contributed by atoms with Gasteiger partial charge in [0, 0.05) is 11.7 Å². The van der Waals surface area contributed by atoms with Crippen molar-refractivity contribution in [2.24, 2.45) is 0 Å². The third-order valence-corrected chi connectivity index (χ3v) is 2.82. The number of nitrogens with one attached hydrogen (secondary N) is 1. The largest absolute Gasteiger partial charge is 0.382 e. The SMILES string of the molecule is CC.Fc1ccc(NC2CCCCC2)cc1. The molecule has 1 aliphatic rings. The van der Waals surface area contributed by atoms with Crippen molar-refractivity contribution >= 4 is 5.69 Å². The molecule has 1 aromatic carbocycles. The van der Waals surface area contributed by atoms with Crippen molar-refractivity contribution in [1.82, 2.24) is 0 Å². The molecule has 0 spiro atoms. The minimum atomic E-state index is -0.167. The van der Waals surface area contributed by atoms with Crippen molar-refractivity contribution in [1.29, 1.82) is 0 Å². The van der Waals surface area contributed by atoms with E-state index in [4.69, 9.17) is 0 Å². The van der Waals surface area contributed by atoms with Crippen LogP contribution in [0.2, 0.25) is 0 Å². The van der Waals surface area contributed by atoms with Crippen LogP contribution in [-0.4, -0.2) is 6.04 Å². The first-order valence-electron chi connectivity index (χ1n) is 6.37. The average molecular weight is 223 g/mol. The van der Waals surface area contributed by atoms with Crippen LogP contribution in [0.15, 0.2) is 24.3 Å². The van der Waals surface area contributed by atoms with Gasteiger partial charge in [0.1, 0.15) is 5.82 Å². The van der Waals surface area contributed by atoms with E-state index in [0.717, 1.165) is 5.69 Å². The van der Waals surface area contributed by atoms with E-state index in [0.29, 0.717) is 6.04 Å². The quantitative estimate of drug-likeness (QED) is 0.772. The summed E-state index contributed by atoms with van der Waals surface area (Å²) < 4.78 is 12.6. The van der Waals surface area contributed by atoms with E-state index in [1.165, 1.54) is 44.2 Å². The molecule has 0 atom stereocenters. The fourth-order valence-electron chi connectivity index (χ4n) is 2.03. The summed E-state index contributed by atoms with van der Waals surface area (Å²) in [5.41, 5.74) is 1.04. The first kappa shape index (κ1) is 13.0. The molecule has 0 aliphatic heterocycles. The summed E-state index contributed by atoms with van der Waals surface area (Å²) in [4.78, 5) is 0. The average Bonchev–Trinajstić information content (AvgIpc) is 2.36. The van der Waals surface area contributed by atoms with Gasteiger partial charge in [-0.3, -0.25) is 0 Å². The molecule has 0 unspecified atom stereocenters. The summed E-state index contributed by atoms with van der Waals surface area (Å²) in [5.74, 6) is -0.167. The van der Waals surface area contributed by atoms with Gasteiger partial charge in [-0.05, 0) is 37.1 Å². The number of hydrogen-bond acceptors (Lipinski definition) is 1. The molecular formula is C14H22FN. The van der Waals surface area contributed by atoms with Crippen molar-refractivity contribution < 1.29 is 4.39 Å². The minimum Gasteiger partial charge on any atom is -0.382 e. The molecule has 0 saturated heterocycles. The van der Waals surface area contributed by atoms with Crippen molar-refractivity contribution in [2.45, 2.75) is 52.0 Å². The number of rotatable bonds is 2. The molecular weight excluding hydrogens is 201 g/mol. The van der Waals surface area contributed by atoms with Crippen LogP contribution in [0.4, 0.5) is 10.1 Å². The standard InChI is InChI=1S/C12H16FN.C2H6/c13-10-6-8-12(9-7-10)14-11-4-2-1-3-5-11;1-2/h6-9,11,14H,1-5H2;1-2H3. The van der Waals surface area contributed by atoms with Crippen molar-refractivity contribution in [2.75, 3.05) is 5.32 Å². The zero-order valence-electron chi connectivity index (χ0n) is 10.3. The zero-order chi connectivity index (χ0) is 11.8. The van der Waals surface area contributed by atoms with Crippen LogP contribution in [0, 0.1) is 5.82 Å². The Morgan fingerprint density at radius 2 is 1.56 bits per heavy atom. The lowest BCUT2D eigenvalue weighted by molar-refractivity contribution is 0.462. The van der Waals surface area contributed by atoms with E-state index in [2.05, 4.69) is 5.32 Å². The Hall–Kier alpha value is -1.05. The fraction of sp³-hybridized carbons (Fsp3) is 0.571. The molecule has 90 valence electrons. The van der Waals surface area contributed by atoms with Crippen LogP contribution >= 0.6 is 0 Å². The molecule has 0 heterocycles. The van der Waals surface area contributed by atoms with Crippen LogP contribution in [-0.2, 0) is 0 Å². The van der Waals surface area contributed by atoms with Crippen LogP contribution in [0.3, 0.4) is 0 Å². The Balaban J connectivity index is 0.000000606. The van der Waals surface area contributed by atoms with Gasteiger partial charge in [0.25, 0.3) is 0 Å². The lowest BCUT2D eigenvalue weighted by Gasteiger charge is -2.23. The summed E-state index contributed by atoms with van der Waals surface area (Å²) in [6, 6.07) is 7.22. The molecule has 1 nitrogen and oxygen atoms in total. The zero-order valence-corrected chi connectivity index (χ0v) is 10.3. The molecule has 0 bridgehead atoms. The molecule has 16 heavy (non-hydrogen) atoms. The second-order valence-electron chi connectivity index (χ2n) is 3.99. The molecule has 1 fully saturated rings. The molecule has 1 saturated carbocycles. The van der Waals surface area contributed by atoms with E-state index in [1.807, 2.05) is 26.0 Å². The van der Waals surface area contributed by atoms with Crippen molar-refractivity contribution in [3.8, 4) is 0 Å². The lowest BCUT2D eigenvalue weighted by atomic mass is 9.95. The molecule has 1 aliphatic carbocycles. The van der Waals surface area contributed by atoms with E-state index < -0.39 is 0 Å². The molecule has 1 N–H and O–H groups in total. The van der Waals surface area contributed by atoms with Gasteiger partial charge in [-0.25, -0.2) is 4.39 Å². The van der Waals surface area contributed by atoms with Crippen LogP contribution in [0.25, 0.3) is 0 Å². The lowest BCUT2D eigenvalue weighted by Crippen LogP contribution is -2.22. The van der Waals surface area contributed by atoms with Gasteiger partial charge >= 0.3 is 0 Å². The number of benzene rings is 1. The Kier molecular flexibility index (Phi) is 5.91. The summed E-state index contributed by atoms with van der Waals surface area (Å²) >= 11 is 0. The van der Waals surface area contributed by atoms with Crippen LogP contribution in [0.5, 0.6) is 0 Å². The Bertz CT molecular complexity index is 275. The van der Waals surface area contributed by atoms with E-state index >= 15 is 0 Å². The van der Waals surface area contributed by atoms with Crippen LogP contribution < -0.4 is 5.32 Å². The van der Waals surface area contributed by atoms with Crippen molar-refractivity contribution in [3.63, 3.8) is 0 Å². The predicted octanol–water partition coefficient (Wildman–Crippen LogP) is 4.60. The topological polar surface area (TPSA) is 12.0 Å². The third-order valence-electron chi connectivity index (χ3n) is 2.82. The molecule has 0 radical (unpaired) electrons. The maximum absolute atomic E-state index is 12.6. The van der Waals surface area contributed by atoms with E-state index in [1.54, 1.807) is 0 Å². The second kappa shape index (κ2) is 7.26. The smallest absolute Gasteiger partial charge is 0.123 e. The predicted molar refractivity (Wildman–Crippen MR) is 68.2 cm³/mol. The molecule has 2 rings (SSSR count). The van der Waals surface area contributed by atoms with Crippen LogP contribution in [0.1, 0.15) is 46.0 Å². The number of halogens is 1. The molecule has 2 heteroatoms. The van der Waals surface area contributed by atoms with Gasteiger partial charge < -0.3 is 5.32 Å². The highest BCUT2D eigenvalue weighted by atomic mass is 19.1. The summed E-state index contributed by atoms with van der Waals surface area (Å²) in [6.45, 7) is 4.00. The number of anilines is 1. The van der Waals surface area contributed by atoms with Gasteiger partial charge in [0.05, 0.1) is 0 Å². The van der Waals surface area contributed by atoms with Gasteiger partial charge in [0.15, 0.2) is 0 Å². The molecule has 0 amide bonds. The minimum absolute atomic E-state index is 0.167. The first-order valence-corrected chi connectivity index (χ1v) is 6.37. The maximum atomic E-state index is 12.6. The fourth-order valence-corrected chi connectivity index (χ4v) is 2.03. The monoisotopic (exact) mass is 223 g/mol. The van der Waals surface area contributed by atoms with Crippen molar-refractivity contribution in [3.05, 3.63) is 30.1 Å². The molecule has 1 aromatic rings. The Morgan fingerprint density at radius 1 is 1.00 bits per heavy atom. The highest BCUT2D eigenvalue weighted by Gasteiger charge is 2.12. The summed E-state index contributed by atoms with van der Waals surface area (Å²) in [7, 11) is 0. The number of hydrogen-bond donors (Lipinski definition) is 1. The van der Waals surface area contributed by atoms with Gasteiger partial charge in [-0.2, -0.15) is 0 Å². The summed E-state index contributed by atoms with van der Waals surface area (Å²) in [6.07, 6.45) is 6.49.